The van der Waals surface area contributed by atoms with Crippen LogP contribution in [-0.4, -0.2) is 17.4 Å². The van der Waals surface area contributed by atoms with Gasteiger partial charge in [0.1, 0.15) is 11.5 Å². The second kappa shape index (κ2) is 21.0. The van der Waals surface area contributed by atoms with E-state index in [-0.39, 0.29) is 6.54 Å². The van der Waals surface area contributed by atoms with Crippen LogP contribution in [0, 0.1) is 12.3 Å². The number of amides is 1. The van der Waals surface area contributed by atoms with Crippen molar-refractivity contribution in [1.82, 2.24) is 4.98 Å². The van der Waals surface area contributed by atoms with Crippen LogP contribution in [-0.2, 0) is 11.0 Å². The quantitative estimate of drug-likeness (QED) is 0.400. The third-order valence-corrected chi connectivity index (χ3v) is 2.96. The number of alkyl halides is 3. The summed E-state index contributed by atoms with van der Waals surface area (Å²) in [6, 6.07) is 0.560. The molecule has 1 heterocycles. The van der Waals surface area contributed by atoms with Crippen molar-refractivity contribution in [2.75, 3.05) is 17.2 Å². The number of halogens is 3. The zero-order valence-electron chi connectivity index (χ0n) is 20.5. The summed E-state index contributed by atoms with van der Waals surface area (Å²) >= 11 is 0. The number of H-pyrrole nitrogens is 1. The number of nitrogens with two attached hydrogens (primary N) is 1. The maximum absolute atomic E-state index is 12.9. The Morgan fingerprint density at radius 1 is 1.22 bits per heavy atom. The van der Waals surface area contributed by atoms with Gasteiger partial charge in [-0.2, -0.15) is 13.2 Å². The number of nitrogens with zero attached hydrogens (tertiary/aromatic N) is 1. The number of hydrogen-bond donors (Lipinski definition) is 2. The Hall–Kier alpha value is -3.21. The fourth-order valence-electron chi connectivity index (χ4n) is 1.85. The summed E-state index contributed by atoms with van der Waals surface area (Å²) in [6.45, 7) is 21.7. The Bertz CT molecular complexity index is 802. The highest BCUT2D eigenvalue weighted by atomic mass is 19.4. The zero-order chi connectivity index (χ0) is 26.5. The average molecular weight is 458 g/mol. The minimum absolute atomic E-state index is 0.130. The summed E-state index contributed by atoms with van der Waals surface area (Å²) in [6.07, 6.45) is 4.21. The Labute approximate surface area is 190 Å². The summed E-state index contributed by atoms with van der Waals surface area (Å²) in [5.74, 6) is 0.838. The second-order valence-corrected chi connectivity index (χ2v) is 4.88. The molecule has 1 rings (SSSR count). The first-order valence-corrected chi connectivity index (χ1v) is 10.2. The molecule has 5 nitrogen and oxygen atoms in total. The van der Waals surface area contributed by atoms with Crippen LogP contribution in [0.5, 0.6) is 0 Å². The van der Waals surface area contributed by atoms with E-state index in [0.717, 1.165) is 11.8 Å². The molecule has 0 aromatic carbocycles. The van der Waals surface area contributed by atoms with Gasteiger partial charge in [0.15, 0.2) is 0 Å². The molecule has 3 N–H and O–H groups in total. The van der Waals surface area contributed by atoms with Crippen molar-refractivity contribution in [1.29, 1.82) is 0 Å². The Balaban J connectivity index is -0.000000381. The van der Waals surface area contributed by atoms with E-state index in [1.807, 2.05) is 46.5 Å². The lowest BCUT2D eigenvalue weighted by Gasteiger charge is -2.22. The Morgan fingerprint density at radius 3 is 1.97 bits per heavy atom. The minimum Gasteiger partial charge on any atom is -0.385 e. The number of nitrogen functional groups attached to an aromatic ring is 1. The molecule has 1 amide bonds. The fourth-order valence-corrected chi connectivity index (χ4v) is 1.85. The number of carbonyl (C=O) groups excluding carboxylic acids is 1. The molecule has 32 heavy (non-hydrogen) atoms. The molecule has 182 valence electrons. The molecule has 0 aliphatic carbocycles. The maximum Gasteiger partial charge on any atom is 0.419 e. The van der Waals surface area contributed by atoms with Gasteiger partial charge < -0.3 is 15.6 Å². The van der Waals surface area contributed by atoms with Gasteiger partial charge >= 0.3 is 6.18 Å². The van der Waals surface area contributed by atoms with Crippen LogP contribution >= 0.6 is 0 Å². The number of aromatic amines is 1. The maximum atomic E-state index is 12.9. The molecule has 0 bridgehead atoms. The van der Waals surface area contributed by atoms with Crippen LogP contribution in [0.2, 0.25) is 0 Å². The molecule has 0 saturated carbocycles. The zero-order valence-corrected chi connectivity index (χ0v) is 20.5. The third kappa shape index (κ3) is 13.9. The molecule has 0 radical (unpaired) electrons. The summed E-state index contributed by atoms with van der Waals surface area (Å²) in [5, 5.41) is 0. The molecule has 0 unspecified atom stereocenters. The number of allylic oxidation sites excluding steroid dienone is 2. The monoisotopic (exact) mass is 457 g/mol. The van der Waals surface area contributed by atoms with Crippen molar-refractivity contribution in [3.8, 4) is 12.3 Å². The minimum atomic E-state index is -4.76. The van der Waals surface area contributed by atoms with E-state index in [1.165, 1.54) is 18.2 Å². The second-order valence-electron chi connectivity index (χ2n) is 4.88. The van der Waals surface area contributed by atoms with Crippen molar-refractivity contribution in [3.63, 3.8) is 0 Å². The van der Waals surface area contributed by atoms with Crippen LogP contribution in [0.25, 0.3) is 0 Å². The van der Waals surface area contributed by atoms with Crippen molar-refractivity contribution < 1.29 is 18.0 Å². The highest BCUT2D eigenvalue weighted by Gasteiger charge is 2.35. The number of nitrogens with one attached hydrogen (secondary N) is 1. The summed E-state index contributed by atoms with van der Waals surface area (Å²) in [7, 11) is 0. The molecule has 8 heteroatoms. The first-order valence-electron chi connectivity index (χ1n) is 10.2. The normalized spacial score (nSPS) is 9.38. The first kappa shape index (κ1) is 36.2. The molecule has 1 aromatic rings. The lowest BCUT2D eigenvalue weighted by Crippen LogP contribution is -2.35. The molecule has 0 fully saturated rings. The number of anilines is 2. The predicted molar refractivity (Wildman–Crippen MR) is 132 cm³/mol. The van der Waals surface area contributed by atoms with Crippen LogP contribution < -0.4 is 16.2 Å². The number of rotatable bonds is 5. The van der Waals surface area contributed by atoms with Crippen LogP contribution in [0.4, 0.5) is 24.7 Å². The van der Waals surface area contributed by atoms with E-state index in [0.29, 0.717) is 11.6 Å². The Morgan fingerprint density at radius 2 is 1.66 bits per heavy atom. The van der Waals surface area contributed by atoms with Gasteiger partial charge in [-0.1, -0.05) is 72.9 Å². The van der Waals surface area contributed by atoms with Gasteiger partial charge in [0.25, 0.3) is 5.56 Å². The molecule has 0 atom stereocenters. The van der Waals surface area contributed by atoms with Crippen molar-refractivity contribution >= 4 is 17.4 Å². The molecular weight excluding hydrogens is 419 g/mol. The number of pyridine rings is 1. The van der Waals surface area contributed by atoms with Crippen molar-refractivity contribution in [2.45, 2.75) is 61.6 Å². The number of aromatic nitrogens is 1. The van der Waals surface area contributed by atoms with E-state index in [4.69, 9.17) is 5.73 Å². The van der Waals surface area contributed by atoms with Crippen molar-refractivity contribution in [2.24, 2.45) is 0 Å². The average Bonchev–Trinajstić information content (AvgIpc) is 2.75. The van der Waals surface area contributed by atoms with Gasteiger partial charge in [0.2, 0.25) is 5.91 Å². The molecule has 0 aliphatic heterocycles. The van der Waals surface area contributed by atoms with Crippen LogP contribution in [0.3, 0.4) is 0 Å². The lowest BCUT2D eigenvalue weighted by atomic mass is 10.1. The summed E-state index contributed by atoms with van der Waals surface area (Å²) in [4.78, 5) is 26.5. The van der Waals surface area contributed by atoms with Crippen LogP contribution in [0.15, 0.2) is 47.8 Å². The fraction of sp³-hybridized carbons (Fsp3) is 0.417. The third-order valence-electron chi connectivity index (χ3n) is 2.96. The summed E-state index contributed by atoms with van der Waals surface area (Å²) < 4.78 is 38.8. The van der Waals surface area contributed by atoms with Gasteiger partial charge in [0, 0.05) is 6.92 Å². The van der Waals surface area contributed by atoms with Gasteiger partial charge in [-0.3, -0.25) is 9.59 Å². The number of carbonyl (C=O) groups is 1. The lowest BCUT2D eigenvalue weighted by molar-refractivity contribution is -0.137. The molecular formula is C24H38F3N3O2. The first-order chi connectivity index (χ1) is 15.0. The SMILES string of the molecule is C#CC.C=C/C=C(\C=C)CN(C(C)=O)c1cc(C(F)(F)F)c(N)[nH]c1=O.CC.CC.CC. The number of hydrogen-bond acceptors (Lipinski definition) is 3. The molecule has 0 spiro atoms. The van der Waals surface area contributed by atoms with Gasteiger partial charge in [0.05, 0.1) is 12.1 Å². The van der Waals surface area contributed by atoms with E-state index in [2.05, 4.69) is 25.5 Å². The summed E-state index contributed by atoms with van der Waals surface area (Å²) in [5.41, 5.74) is 3.15. The topological polar surface area (TPSA) is 79.2 Å². The van der Waals surface area contributed by atoms with Gasteiger partial charge in [-0.25, -0.2) is 0 Å². The molecule has 0 aliphatic rings. The van der Waals surface area contributed by atoms with E-state index in [9.17, 15) is 22.8 Å². The van der Waals surface area contributed by atoms with E-state index in [1.54, 1.807) is 6.92 Å². The smallest absolute Gasteiger partial charge is 0.385 e. The van der Waals surface area contributed by atoms with E-state index >= 15 is 0 Å². The molecule has 0 saturated heterocycles. The van der Waals surface area contributed by atoms with Crippen molar-refractivity contribution in [3.05, 3.63) is 58.9 Å². The number of terminal acetylenes is 1. The van der Waals surface area contributed by atoms with Crippen LogP contribution in [0.1, 0.15) is 61.0 Å². The molecule has 1 aromatic heterocycles. The standard InChI is InChI=1S/C15H16F3N3O2.C3H4.3C2H6/c1-4-6-10(5-2)8-21(9(3)22)12-7-11(15(16,17)18)13(19)20-14(12)23;1-3-2;3*1-2/h4-7H,1-2,8H2,3H3,(H3,19,20,23);1H,2H3;3*1-2H3/b10-6+;;;;. The van der Waals surface area contributed by atoms with Gasteiger partial charge in [-0.05, 0) is 18.6 Å². The highest BCUT2D eigenvalue weighted by molar-refractivity contribution is 5.92. The van der Waals surface area contributed by atoms with Gasteiger partial charge in [-0.15, -0.1) is 12.3 Å². The highest BCUT2D eigenvalue weighted by Crippen LogP contribution is 2.33. The Kier molecular flexibility index (Phi) is 23.8. The largest absolute Gasteiger partial charge is 0.419 e. The van der Waals surface area contributed by atoms with E-state index < -0.39 is 34.7 Å². The predicted octanol–water partition coefficient (Wildman–Crippen LogP) is 6.35.